The van der Waals surface area contributed by atoms with Gasteiger partial charge in [-0.3, -0.25) is 0 Å². The predicted molar refractivity (Wildman–Crippen MR) is 80.6 cm³/mol. The molecule has 2 rings (SSSR count). The second-order valence-corrected chi connectivity index (χ2v) is 6.99. The zero-order chi connectivity index (χ0) is 15.1. The third kappa shape index (κ3) is 2.32. The Hall–Kier alpha value is -1.09. The van der Waals surface area contributed by atoms with Crippen LogP contribution in [0.5, 0.6) is 5.75 Å². The molecule has 1 aromatic rings. The number of nitrogens with one attached hydrogen (secondary N) is 1. The molecule has 1 aliphatic carbocycles. The molecule has 1 N–H and O–H groups in total. The average molecular weight is 279 g/mol. The first kappa shape index (κ1) is 15.3. The largest absolute Gasteiger partial charge is 0.494 e. The quantitative estimate of drug-likeness (QED) is 0.888. The van der Waals surface area contributed by atoms with E-state index in [9.17, 15) is 4.39 Å². The van der Waals surface area contributed by atoms with Crippen LogP contribution in [-0.2, 0) is 6.42 Å². The van der Waals surface area contributed by atoms with Crippen molar-refractivity contribution >= 4 is 0 Å². The fourth-order valence-electron chi connectivity index (χ4n) is 3.73. The summed E-state index contributed by atoms with van der Waals surface area (Å²) in [7, 11) is 3.48. The highest BCUT2D eigenvalue weighted by Gasteiger charge is 2.66. The van der Waals surface area contributed by atoms with Crippen molar-refractivity contribution in [2.45, 2.75) is 40.2 Å². The lowest BCUT2D eigenvalue weighted by atomic mass is 9.97. The number of methoxy groups -OCH3 is 1. The first-order chi connectivity index (χ1) is 9.25. The maximum atomic E-state index is 13.8. The topological polar surface area (TPSA) is 21.3 Å². The minimum atomic E-state index is -0.283. The Kier molecular flexibility index (Phi) is 3.85. The lowest BCUT2D eigenvalue weighted by Gasteiger charge is -2.19. The molecule has 1 fully saturated rings. The standard InChI is InChI=1S/C17H26FNO/c1-16(2)15(17(16,3)4)13(19-5)10-11-7-8-14(20-6)12(18)9-11/h7-9,13,15,19H,10H2,1-6H3. The highest BCUT2D eigenvalue weighted by molar-refractivity contribution is 5.30. The van der Waals surface area contributed by atoms with Gasteiger partial charge < -0.3 is 10.1 Å². The van der Waals surface area contributed by atoms with E-state index in [1.54, 1.807) is 12.1 Å². The van der Waals surface area contributed by atoms with Gasteiger partial charge in [0.15, 0.2) is 11.6 Å². The number of hydrogen-bond donors (Lipinski definition) is 1. The smallest absolute Gasteiger partial charge is 0.165 e. The number of benzene rings is 1. The van der Waals surface area contributed by atoms with Gasteiger partial charge in [-0.1, -0.05) is 33.8 Å². The monoisotopic (exact) mass is 279 g/mol. The highest BCUT2D eigenvalue weighted by atomic mass is 19.1. The molecule has 3 heteroatoms. The molecule has 2 nitrogen and oxygen atoms in total. The predicted octanol–water partition coefficient (Wildman–Crippen LogP) is 3.65. The Balaban J connectivity index is 2.14. The van der Waals surface area contributed by atoms with Gasteiger partial charge >= 0.3 is 0 Å². The van der Waals surface area contributed by atoms with Crippen LogP contribution in [0.15, 0.2) is 18.2 Å². The van der Waals surface area contributed by atoms with Crippen molar-refractivity contribution < 1.29 is 9.13 Å². The van der Waals surface area contributed by atoms with Crippen LogP contribution in [0, 0.1) is 22.6 Å². The van der Waals surface area contributed by atoms with Gasteiger partial charge in [0.25, 0.3) is 0 Å². The van der Waals surface area contributed by atoms with E-state index in [4.69, 9.17) is 4.74 Å². The Morgan fingerprint density at radius 1 is 1.25 bits per heavy atom. The SMILES string of the molecule is CNC(Cc1ccc(OC)c(F)c1)C1C(C)(C)C1(C)C. The van der Waals surface area contributed by atoms with Crippen LogP contribution in [0.2, 0.25) is 0 Å². The third-order valence-corrected chi connectivity index (χ3v) is 5.58. The molecule has 1 atom stereocenters. The molecular weight excluding hydrogens is 253 g/mol. The number of likely N-dealkylation sites (N-methyl/N-ethyl adjacent to an activating group) is 1. The minimum Gasteiger partial charge on any atom is -0.494 e. The van der Waals surface area contributed by atoms with Gasteiger partial charge in [-0.25, -0.2) is 4.39 Å². The van der Waals surface area contributed by atoms with Gasteiger partial charge in [-0.05, 0) is 47.9 Å². The number of halogens is 1. The Morgan fingerprint density at radius 2 is 1.85 bits per heavy atom. The average Bonchev–Trinajstić information content (AvgIpc) is 2.77. The van der Waals surface area contributed by atoms with E-state index in [0.29, 0.717) is 28.5 Å². The van der Waals surface area contributed by atoms with Crippen LogP contribution in [0.4, 0.5) is 4.39 Å². The molecule has 0 radical (unpaired) electrons. The number of hydrogen-bond acceptors (Lipinski definition) is 2. The van der Waals surface area contributed by atoms with Gasteiger partial charge in [0, 0.05) is 6.04 Å². The molecule has 0 bridgehead atoms. The van der Waals surface area contributed by atoms with Crippen molar-refractivity contribution in [3.63, 3.8) is 0 Å². The summed E-state index contributed by atoms with van der Waals surface area (Å²) in [6, 6.07) is 5.62. The van der Waals surface area contributed by atoms with Crippen LogP contribution >= 0.6 is 0 Å². The summed E-state index contributed by atoms with van der Waals surface area (Å²) in [5.41, 5.74) is 1.67. The summed E-state index contributed by atoms with van der Waals surface area (Å²) in [6.45, 7) is 9.26. The van der Waals surface area contributed by atoms with E-state index >= 15 is 0 Å². The molecule has 0 heterocycles. The van der Waals surface area contributed by atoms with E-state index in [2.05, 4.69) is 33.0 Å². The van der Waals surface area contributed by atoms with Crippen molar-refractivity contribution in [3.8, 4) is 5.75 Å². The van der Waals surface area contributed by atoms with Crippen LogP contribution < -0.4 is 10.1 Å². The van der Waals surface area contributed by atoms with Gasteiger partial charge in [0.2, 0.25) is 0 Å². The molecule has 1 unspecified atom stereocenters. The number of ether oxygens (including phenoxy) is 1. The molecule has 0 spiro atoms. The molecule has 0 aliphatic heterocycles. The molecule has 1 aromatic carbocycles. The highest BCUT2D eigenvalue weighted by Crippen LogP contribution is 2.69. The Morgan fingerprint density at radius 3 is 2.25 bits per heavy atom. The summed E-state index contributed by atoms with van der Waals surface area (Å²) >= 11 is 0. The van der Waals surface area contributed by atoms with Crippen molar-refractivity contribution in [1.29, 1.82) is 0 Å². The first-order valence-corrected chi connectivity index (χ1v) is 7.25. The van der Waals surface area contributed by atoms with E-state index in [1.807, 2.05) is 13.1 Å². The van der Waals surface area contributed by atoms with Crippen molar-refractivity contribution in [3.05, 3.63) is 29.6 Å². The normalized spacial score (nSPS) is 21.6. The lowest BCUT2D eigenvalue weighted by Crippen LogP contribution is -2.32. The van der Waals surface area contributed by atoms with Crippen molar-refractivity contribution in [2.75, 3.05) is 14.2 Å². The van der Waals surface area contributed by atoms with Crippen LogP contribution in [0.1, 0.15) is 33.3 Å². The van der Waals surface area contributed by atoms with Crippen molar-refractivity contribution in [2.24, 2.45) is 16.7 Å². The van der Waals surface area contributed by atoms with E-state index < -0.39 is 0 Å². The summed E-state index contributed by atoms with van der Waals surface area (Å²) in [5, 5.41) is 3.42. The van der Waals surface area contributed by atoms with E-state index in [-0.39, 0.29) is 5.82 Å². The van der Waals surface area contributed by atoms with Crippen molar-refractivity contribution in [1.82, 2.24) is 5.32 Å². The Bertz CT molecular complexity index is 482. The minimum absolute atomic E-state index is 0.283. The van der Waals surface area contributed by atoms with Crippen LogP contribution in [-0.4, -0.2) is 20.2 Å². The summed E-state index contributed by atoms with van der Waals surface area (Å²) < 4.78 is 18.7. The fourth-order valence-corrected chi connectivity index (χ4v) is 3.73. The van der Waals surface area contributed by atoms with E-state index in [0.717, 1.165) is 12.0 Å². The molecule has 20 heavy (non-hydrogen) atoms. The molecule has 1 saturated carbocycles. The van der Waals surface area contributed by atoms with Gasteiger partial charge in [0.1, 0.15) is 0 Å². The molecule has 1 aliphatic rings. The molecule has 0 aromatic heterocycles. The summed E-state index contributed by atoms with van der Waals surface area (Å²) in [5.74, 6) is 0.626. The molecule has 0 saturated heterocycles. The fraction of sp³-hybridized carbons (Fsp3) is 0.647. The zero-order valence-corrected chi connectivity index (χ0v) is 13.4. The molecular formula is C17H26FNO. The molecule has 0 amide bonds. The Labute approximate surface area is 121 Å². The maximum Gasteiger partial charge on any atom is 0.165 e. The zero-order valence-electron chi connectivity index (χ0n) is 13.4. The second kappa shape index (κ2) is 5.03. The first-order valence-electron chi connectivity index (χ1n) is 7.25. The maximum absolute atomic E-state index is 13.8. The van der Waals surface area contributed by atoms with Crippen LogP contribution in [0.25, 0.3) is 0 Å². The number of rotatable bonds is 5. The third-order valence-electron chi connectivity index (χ3n) is 5.58. The van der Waals surface area contributed by atoms with Gasteiger partial charge in [-0.2, -0.15) is 0 Å². The summed E-state index contributed by atoms with van der Waals surface area (Å²) in [6.07, 6.45) is 0.842. The molecule has 112 valence electrons. The van der Waals surface area contributed by atoms with Gasteiger partial charge in [-0.15, -0.1) is 0 Å². The van der Waals surface area contributed by atoms with E-state index in [1.165, 1.54) is 7.11 Å². The van der Waals surface area contributed by atoms with Gasteiger partial charge in [0.05, 0.1) is 7.11 Å². The van der Waals surface area contributed by atoms with Crippen LogP contribution in [0.3, 0.4) is 0 Å². The second-order valence-electron chi connectivity index (χ2n) is 6.99. The lowest BCUT2D eigenvalue weighted by molar-refractivity contribution is 0.384. The summed E-state index contributed by atoms with van der Waals surface area (Å²) in [4.78, 5) is 0.